The van der Waals surface area contributed by atoms with Crippen LogP contribution < -0.4 is 4.72 Å². The summed E-state index contributed by atoms with van der Waals surface area (Å²) in [6.07, 6.45) is 0. The van der Waals surface area contributed by atoms with Crippen molar-refractivity contribution < 1.29 is 4.21 Å². The van der Waals surface area contributed by atoms with Crippen LogP contribution in [-0.4, -0.2) is 15.0 Å². The Labute approximate surface area is 74.6 Å². The van der Waals surface area contributed by atoms with E-state index in [0.717, 1.165) is 0 Å². The van der Waals surface area contributed by atoms with Crippen molar-refractivity contribution in [1.82, 2.24) is 4.72 Å². The van der Waals surface area contributed by atoms with Gasteiger partial charge in [-0.15, -0.1) is 0 Å². The highest BCUT2D eigenvalue weighted by Crippen LogP contribution is 2.25. The van der Waals surface area contributed by atoms with Gasteiger partial charge in [0, 0.05) is 0 Å². The van der Waals surface area contributed by atoms with E-state index >= 15 is 0 Å². The molecule has 0 saturated heterocycles. The van der Waals surface area contributed by atoms with Crippen molar-refractivity contribution in [3.8, 4) is 0 Å². The summed E-state index contributed by atoms with van der Waals surface area (Å²) in [5, 5.41) is 0. The van der Waals surface area contributed by atoms with Gasteiger partial charge in [0.15, 0.2) is 0 Å². The minimum Gasteiger partial charge on any atom is -0.233 e. The summed E-state index contributed by atoms with van der Waals surface area (Å²) in [4.78, 5) is 0. The maximum absolute atomic E-state index is 12.1. The normalized spacial score (nSPS) is 36.7. The molecule has 1 rings (SSSR count). The molecule has 3 nitrogen and oxygen atoms in total. The Morgan fingerprint density at radius 1 is 1.58 bits per heavy atom. The first-order valence-electron chi connectivity index (χ1n) is 3.99. The Balaban J connectivity index is 3.14. The van der Waals surface area contributed by atoms with E-state index in [1.807, 2.05) is 27.7 Å². The summed E-state index contributed by atoms with van der Waals surface area (Å²) in [6.45, 7) is 11.4. The van der Waals surface area contributed by atoms with Crippen molar-refractivity contribution in [2.45, 2.75) is 38.5 Å². The first-order valence-corrected chi connectivity index (χ1v) is 5.50. The third kappa shape index (κ3) is 1.41. The molecule has 0 aromatic heterocycles. The number of hydrogen-bond acceptors (Lipinski definition) is 2. The average molecular weight is 188 g/mol. The standard InChI is InChI=1S/C8H16N2OS/c1-6-7(2)10-12(11,9-6)8(3,4)5/h7H,1H2,2-5H3,(H,9,10,11)/t7-,12?/m1/s1. The maximum atomic E-state index is 12.1. The average Bonchev–Trinajstić information content (AvgIpc) is 2.06. The van der Waals surface area contributed by atoms with Crippen LogP contribution in [0, 0.1) is 0 Å². The fourth-order valence-electron chi connectivity index (χ4n) is 0.892. The number of nitrogens with zero attached hydrogens (tertiary/aromatic N) is 1. The highest BCUT2D eigenvalue weighted by molar-refractivity contribution is 7.93. The second-order valence-corrected chi connectivity index (χ2v) is 6.76. The SMILES string of the molecule is C=C1N=S(=O)(C(C)(C)C)N[C@@H]1C. The van der Waals surface area contributed by atoms with Crippen LogP contribution in [0.4, 0.5) is 0 Å². The van der Waals surface area contributed by atoms with Gasteiger partial charge in [0.05, 0.1) is 16.5 Å². The molecule has 0 spiro atoms. The van der Waals surface area contributed by atoms with E-state index in [9.17, 15) is 4.21 Å². The van der Waals surface area contributed by atoms with Gasteiger partial charge in [0.1, 0.15) is 9.92 Å². The highest BCUT2D eigenvalue weighted by Gasteiger charge is 2.33. The second-order valence-electron chi connectivity index (χ2n) is 4.06. The lowest BCUT2D eigenvalue weighted by Gasteiger charge is -2.21. The van der Waals surface area contributed by atoms with Crippen molar-refractivity contribution in [3.63, 3.8) is 0 Å². The molecule has 0 radical (unpaired) electrons. The van der Waals surface area contributed by atoms with E-state index < -0.39 is 9.92 Å². The van der Waals surface area contributed by atoms with Crippen molar-refractivity contribution in [3.05, 3.63) is 12.3 Å². The van der Waals surface area contributed by atoms with Crippen LogP contribution in [0.1, 0.15) is 27.7 Å². The molecule has 4 heteroatoms. The van der Waals surface area contributed by atoms with E-state index in [0.29, 0.717) is 5.70 Å². The highest BCUT2D eigenvalue weighted by atomic mass is 32.2. The van der Waals surface area contributed by atoms with E-state index in [-0.39, 0.29) is 10.8 Å². The first-order chi connectivity index (χ1) is 5.26. The largest absolute Gasteiger partial charge is 0.233 e. The Morgan fingerprint density at radius 3 is 2.25 bits per heavy atom. The molecule has 1 aliphatic rings. The fraction of sp³-hybridized carbons (Fsp3) is 0.750. The molecule has 0 fully saturated rings. The second kappa shape index (κ2) is 2.57. The Kier molecular flexibility index (Phi) is 2.08. The van der Waals surface area contributed by atoms with Crippen LogP contribution in [0.3, 0.4) is 0 Å². The van der Waals surface area contributed by atoms with Crippen LogP contribution in [0.15, 0.2) is 16.6 Å². The quantitative estimate of drug-likeness (QED) is 0.617. The molecular weight excluding hydrogens is 172 g/mol. The molecule has 1 N–H and O–H groups in total. The predicted octanol–water partition coefficient (Wildman–Crippen LogP) is 1.67. The lowest BCUT2D eigenvalue weighted by molar-refractivity contribution is 0.626. The molecule has 0 aliphatic carbocycles. The number of nitrogens with one attached hydrogen (secondary N) is 1. The summed E-state index contributed by atoms with van der Waals surface area (Å²) in [7, 11) is -2.29. The van der Waals surface area contributed by atoms with Crippen molar-refractivity contribution in [1.29, 1.82) is 0 Å². The van der Waals surface area contributed by atoms with Gasteiger partial charge in [-0.05, 0) is 27.7 Å². The van der Waals surface area contributed by atoms with E-state index in [1.165, 1.54) is 0 Å². The first kappa shape index (κ1) is 9.74. The predicted molar refractivity (Wildman–Crippen MR) is 52.1 cm³/mol. The minimum atomic E-state index is -2.29. The van der Waals surface area contributed by atoms with Crippen molar-refractivity contribution >= 4 is 9.92 Å². The van der Waals surface area contributed by atoms with Crippen LogP contribution in [0.5, 0.6) is 0 Å². The van der Waals surface area contributed by atoms with Crippen LogP contribution in [0.2, 0.25) is 0 Å². The van der Waals surface area contributed by atoms with Gasteiger partial charge >= 0.3 is 0 Å². The lowest BCUT2D eigenvalue weighted by Crippen LogP contribution is -2.39. The van der Waals surface area contributed by atoms with Gasteiger partial charge in [-0.2, -0.15) is 4.36 Å². The van der Waals surface area contributed by atoms with E-state index in [1.54, 1.807) is 0 Å². The number of rotatable bonds is 0. The summed E-state index contributed by atoms with van der Waals surface area (Å²) < 4.78 is 18.8. The van der Waals surface area contributed by atoms with Gasteiger partial charge in [-0.1, -0.05) is 6.58 Å². The van der Waals surface area contributed by atoms with Gasteiger partial charge in [-0.3, -0.25) is 0 Å². The van der Waals surface area contributed by atoms with Gasteiger partial charge in [0.2, 0.25) is 0 Å². The maximum Gasteiger partial charge on any atom is 0.118 e. The number of hydrogen-bond donors (Lipinski definition) is 1. The van der Waals surface area contributed by atoms with Crippen LogP contribution in [0.25, 0.3) is 0 Å². The smallest absolute Gasteiger partial charge is 0.118 e. The molecular formula is C8H16N2OS. The molecule has 0 aromatic rings. The zero-order valence-corrected chi connectivity index (χ0v) is 8.86. The monoisotopic (exact) mass is 188 g/mol. The molecule has 1 aliphatic heterocycles. The van der Waals surface area contributed by atoms with Crippen molar-refractivity contribution in [2.24, 2.45) is 4.36 Å². The molecule has 0 bridgehead atoms. The van der Waals surface area contributed by atoms with Gasteiger partial charge < -0.3 is 0 Å². The van der Waals surface area contributed by atoms with Crippen molar-refractivity contribution in [2.75, 3.05) is 0 Å². The van der Waals surface area contributed by atoms with E-state index in [4.69, 9.17) is 0 Å². The van der Waals surface area contributed by atoms with Gasteiger partial charge in [0.25, 0.3) is 0 Å². The van der Waals surface area contributed by atoms with Gasteiger partial charge in [-0.25, -0.2) is 8.93 Å². The summed E-state index contributed by atoms with van der Waals surface area (Å²) in [5.74, 6) is 0. The third-order valence-corrected chi connectivity index (χ3v) is 4.74. The Morgan fingerprint density at radius 2 is 2.08 bits per heavy atom. The Hall–Kier alpha value is -0.350. The molecule has 1 heterocycles. The molecule has 0 aromatic carbocycles. The lowest BCUT2D eigenvalue weighted by atomic mass is 10.3. The minimum absolute atomic E-state index is 0.0386. The molecule has 12 heavy (non-hydrogen) atoms. The molecule has 0 amide bonds. The molecule has 1 unspecified atom stereocenters. The van der Waals surface area contributed by atoms with Crippen LogP contribution >= 0.6 is 0 Å². The van der Waals surface area contributed by atoms with Crippen LogP contribution in [-0.2, 0) is 9.92 Å². The van der Waals surface area contributed by atoms with E-state index in [2.05, 4.69) is 15.7 Å². The zero-order valence-electron chi connectivity index (χ0n) is 8.05. The summed E-state index contributed by atoms with van der Waals surface area (Å²) in [6, 6.07) is 0.0386. The zero-order chi connectivity index (χ0) is 9.57. The topological polar surface area (TPSA) is 41.5 Å². The summed E-state index contributed by atoms with van der Waals surface area (Å²) in [5.41, 5.74) is 0.690. The third-order valence-electron chi connectivity index (χ3n) is 1.91. The fourth-order valence-corrected chi connectivity index (χ4v) is 2.68. The molecule has 70 valence electrons. The molecule has 2 atom stereocenters. The molecule has 0 saturated carbocycles. The Bertz CT molecular complexity index is 318. The summed E-state index contributed by atoms with van der Waals surface area (Å²) >= 11 is 0.